The van der Waals surface area contributed by atoms with Crippen LogP contribution in [0.1, 0.15) is 49.4 Å². The predicted octanol–water partition coefficient (Wildman–Crippen LogP) is 1.50. The average molecular weight is 438 g/mol. The van der Waals surface area contributed by atoms with Crippen LogP contribution in [0.4, 0.5) is 0 Å². The highest BCUT2D eigenvalue weighted by molar-refractivity contribution is 7.89. The van der Waals surface area contributed by atoms with Crippen molar-refractivity contribution in [1.82, 2.24) is 4.98 Å². The van der Waals surface area contributed by atoms with Gasteiger partial charge in [-0.25, -0.2) is 23.1 Å². The molecule has 0 spiro atoms. The van der Waals surface area contributed by atoms with E-state index in [1.165, 1.54) is 33.3 Å². The summed E-state index contributed by atoms with van der Waals surface area (Å²) in [7, 11) is -1.67. The van der Waals surface area contributed by atoms with Gasteiger partial charge in [-0.15, -0.1) is 0 Å². The maximum absolute atomic E-state index is 12.7. The Hall–Kier alpha value is -3.18. The Morgan fingerprint density at radius 3 is 2.27 bits per heavy atom. The Bertz CT molecular complexity index is 1120. The van der Waals surface area contributed by atoms with E-state index in [9.17, 15) is 22.8 Å². The van der Waals surface area contributed by atoms with Crippen molar-refractivity contribution in [3.8, 4) is 5.75 Å². The molecule has 10 nitrogen and oxygen atoms in total. The van der Waals surface area contributed by atoms with E-state index in [0.717, 1.165) is 6.07 Å². The third-order valence-corrected chi connectivity index (χ3v) is 5.36. The lowest BCUT2D eigenvalue weighted by Crippen LogP contribution is -2.25. The summed E-state index contributed by atoms with van der Waals surface area (Å²) in [5, 5.41) is 5.14. The number of methoxy groups -OCH3 is 2. The minimum Gasteiger partial charge on any atom is -0.495 e. The van der Waals surface area contributed by atoms with Crippen LogP contribution in [0.5, 0.6) is 5.75 Å². The summed E-state index contributed by atoms with van der Waals surface area (Å²) in [6.45, 7) is 4.54. The van der Waals surface area contributed by atoms with E-state index in [-0.39, 0.29) is 22.6 Å². The lowest BCUT2D eigenvalue weighted by Gasteiger charge is -2.13. The summed E-state index contributed by atoms with van der Waals surface area (Å²) < 4.78 is 38.2. The number of aryl methyl sites for hydroxylation is 1. The Labute approximate surface area is 173 Å². The fourth-order valence-electron chi connectivity index (χ4n) is 2.92. The van der Waals surface area contributed by atoms with Crippen molar-refractivity contribution < 1.29 is 37.0 Å². The van der Waals surface area contributed by atoms with E-state index in [1.54, 1.807) is 13.8 Å². The van der Waals surface area contributed by atoms with Crippen molar-refractivity contribution in [3.63, 3.8) is 0 Å². The van der Waals surface area contributed by atoms with Gasteiger partial charge >= 0.3 is 11.9 Å². The first-order valence-electron chi connectivity index (χ1n) is 8.65. The largest absolute Gasteiger partial charge is 0.495 e. The molecule has 0 saturated carbocycles. The first kappa shape index (κ1) is 23.1. The predicted molar refractivity (Wildman–Crippen MR) is 105 cm³/mol. The Kier molecular flexibility index (Phi) is 6.68. The third kappa shape index (κ3) is 4.52. The van der Waals surface area contributed by atoms with Crippen LogP contribution in [0.15, 0.2) is 23.1 Å². The number of aromatic nitrogens is 1. The number of nitrogens with two attached hydrogens (primary N) is 1. The molecule has 2 rings (SSSR count). The Morgan fingerprint density at radius 2 is 1.73 bits per heavy atom. The van der Waals surface area contributed by atoms with Gasteiger partial charge in [-0.05, 0) is 44.5 Å². The van der Waals surface area contributed by atoms with Crippen molar-refractivity contribution in [1.29, 1.82) is 0 Å². The molecule has 1 atom stereocenters. The van der Waals surface area contributed by atoms with Crippen LogP contribution in [0.3, 0.4) is 0 Å². The molecule has 0 aliphatic heterocycles. The fraction of sp³-hybridized carbons (Fsp3) is 0.316. The molecule has 0 aliphatic carbocycles. The van der Waals surface area contributed by atoms with Crippen LogP contribution >= 0.6 is 0 Å². The molecule has 0 aliphatic rings. The monoisotopic (exact) mass is 438 g/mol. The molecule has 3 N–H and O–H groups in total. The number of esters is 2. The molecule has 30 heavy (non-hydrogen) atoms. The lowest BCUT2D eigenvalue weighted by molar-refractivity contribution is 0.0316. The molecule has 162 valence electrons. The number of hydrogen-bond acceptors (Lipinski definition) is 8. The van der Waals surface area contributed by atoms with E-state index < -0.39 is 38.7 Å². The number of rotatable bonds is 7. The number of sulfonamides is 1. The molecule has 0 amide bonds. The zero-order chi connectivity index (χ0) is 22.8. The number of primary sulfonamides is 1. The highest BCUT2D eigenvalue weighted by Gasteiger charge is 2.28. The third-order valence-electron chi connectivity index (χ3n) is 4.43. The van der Waals surface area contributed by atoms with Crippen molar-refractivity contribution in [3.05, 3.63) is 46.3 Å². The van der Waals surface area contributed by atoms with E-state index in [4.69, 9.17) is 19.3 Å². The number of hydrogen-bond donors (Lipinski definition) is 2. The second kappa shape index (κ2) is 8.67. The molecule has 0 fully saturated rings. The van der Waals surface area contributed by atoms with Crippen LogP contribution in [0, 0.1) is 13.8 Å². The highest BCUT2D eigenvalue weighted by Crippen LogP contribution is 2.25. The molecular weight excluding hydrogens is 416 g/mol. The van der Waals surface area contributed by atoms with Crippen LogP contribution in [0.2, 0.25) is 0 Å². The van der Waals surface area contributed by atoms with Gasteiger partial charge in [0.15, 0.2) is 6.10 Å². The van der Waals surface area contributed by atoms with Gasteiger partial charge in [0.2, 0.25) is 15.8 Å². The van der Waals surface area contributed by atoms with Crippen molar-refractivity contribution >= 4 is 27.7 Å². The first-order valence-corrected chi connectivity index (χ1v) is 10.2. The van der Waals surface area contributed by atoms with Crippen molar-refractivity contribution in [2.24, 2.45) is 5.14 Å². The highest BCUT2D eigenvalue weighted by atomic mass is 32.2. The van der Waals surface area contributed by atoms with Crippen LogP contribution in [-0.4, -0.2) is 51.4 Å². The van der Waals surface area contributed by atoms with E-state index in [0.29, 0.717) is 11.3 Å². The standard InChI is InChI=1S/C19H22N2O8S/c1-9-15(19(24)28-5)10(2)21-16(9)17(22)11(3)29-18(23)12-6-7-13(27-4)14(8-12)30(20,25)26/h6-8,11,21H,1-5H3,(H2,20,25,26)/t11-/m0/s1. The summed E-state index contributed by atoms with van der Waals surface area (Å²) >= 11 is 0. The molecule has 1 aromatic carbocycles. The molecule has 0 saturated heterocycles. The minimum atomic E-state index is -4.16. The number of ether oxygens (including phenoxy) is 3. The van der Waals surface area contributed by atoms with Crippen molar-refractivity contribution in [2.45, 2.75) is 31.8 Å². The minimum absolute atomic E-state index is 0.0361. The number of ketones is 1. The summed E-state index contributed by atoms with van der Waals surface area (Å²) in [6.07, 6.45) is -1.22. The van der Waals surface area contributed by atoms with E-state index >= 15 is 0 Å². The van der Waals surface area contributed by atoms with Gasteiger partial charge in [0.25, 0.3) is 0 Å². The zero-order valence-electron chi connectivity index (χ0n) is 17.1. The second-order valence-corrected chi connectivity index (χ2v) is 7.97. The van der Waals surface area contributed by atoms with Gasteiger partial charge in [-0.1, -0.05) is 0 Å². The number of aromatic amines is 1. The Morgan fingerprint density at radius 1 is 1.10 bits per heavy atom. The molecular formula is C19H22N2O8S. The van der Waals surface area contributed by atoms with Crippen LogP contribution in [0.25, 0.3) is 0 Å². The first-order chi connectivity index (χ1) is 13.9. The average Bonchev–Trinajstić information content (AvgIpc) is 2.99. The van der Waals surface area contributed by atoms with Gasteiger partial charge < -0.3 is 19.2 Å². The SMILES string of the molecule is COC(=O)c1c(C)[nH]c(C(=O)[C@H](C)OC(=O)c2ccc(OC)c(S(N)(=O)=O)c2)c1C. The molecule has 11 heteroatoms. The molecule has 0 unspecified atom stereocenters. The molecule has 1 heterocycles. The number of nitrogens with one attached hydrogen (secondary N) is 1. The smallest absolute Gasteiger partial charge is 0.339 e. The topological polar surface area (TPSA) is 155 Å². The summed E-state index contributed by atoms with van der Waals surface area (Å²) in [5.74, 6) is -2.14. The summed E-state index contributed by atoms with van der Waals surface area (Å²) in [6, 6.07) is 3.55. The van der Waals surface area contributed by atoms with Crippen LogP contribution < -0.4 is 9.88 Å². The molecule has 1 aromatic heterocycles. The number of Topliss-reactive ketones (excluding diaryl/α,β-unsaturated/α-hetero) is 1. The molecule has 0 radical (unpaired) electrons. The van der Waals surface area contributed by atoms with Crippen molar-refractivity contribution in [2.75, 3.05) is 14.2 Å². The van der Waals surface area contributed by atoms with Gasteiger partial charge in [-0.2, -0.15) is 0 Å². The van der Waals surface area contributed by atoms with Crippen LogP contribution in [-0.2, 0) is 19.5 Å². The lowest BCUT2D eigenvalue weighted by atomic mass is 10.1. The number of carbonyl (C=O) groups excluding carboxylic acids is 3. The second-order valence-electron chi connectivity index (χ2n) is 6.44. The fourth-order valence-corrected chi connectivity index (χ4v) is 3.64. The quantitative estimate of drug-likeness (QED) is 0.487. The van der Waals surface area contributed by atoms with Gasteiger partial charge in [0.1, 0.15) is 10.6 Å². The van der Waals surface area contributed by atoms with Gasteiger partial charge in [0, 0.05) is 5.69 Å². The molecule has 0 bridgehead atoms. The van der Waals surface area contributed by atoms with Gasteiger partial charge in [-0.3, -0.25) is 4.79 Å². The molecule has 2 aromatic rings. The normalized spacial score (nSPS) is 12.2. The van der Waals surface area contributed by atoms with Gasteiger partial charge in [0.05, 0.1) is 31.0 Å². The van der Waals surface area contributed by atoms with E-state index in [1.807, 2.05) is 0 Å². The maximum atomic E-state index is 12.7. The number of benzene rings is 1. The number of carbonyl (C=O) groups is 3. The zero-order valence-corrected chi connectivity index (χ0v) is 17.9. The van der Waals surface area contributed by atoms with E-state index in [2.05, 4.69) is 4.98 Å². The summed E-state index contributed by atoms with van der Waals surface area (Å²) in [5.41, 5.74) is 1.01. The Balaban J connectivity index is 2.29. The summed E-state index contributed by atoms with van der Waals surface area (Å²) in [4.78, 5) is 39.5. The maximum Gasteiger partial charge on any atom is 0.339 e. The number of H-pyrrole nitrogens is 1.